The van der Waals surface area contributed by atoms with E-state index in [1.807, 2.05) is 11.0 Å². The van der Waals surface area contributed by atoms with Gasteiger partial charge in [-0.25, -0.2) is 4.79 Å². The van der Waals surface area contributed by atoms with Gasteiger partial charge in [-0.15, -0.1) is 0 Å². The van der Waals surface area contributed by atoms with E-state index in [4.69, 9.17) is 5.26 Å². The van der Waals surface area contributed by atoms with Crippen LogP contribution in [0.1, 0.15) is 16.7 Å². The lowest BCUT2D eigenvalue weighted by molar-refractivity contribution is -0.143. The minimum absolute atomic E-state index is 0.00596. The summed E-state index contributed by atoms with van der Waals surface area (Å²) in [6.45, 7) is 1.26. The number of rotatable bonds is 2. The van der Waals surface area contributed by atoms with Crippen molar-refractivity contribution in [3.8, 4) is 6.07 Å². The van der Waals surface area contributed by atoms with Gasteiger partial charge in [0, 0.05) is 37.6 Å². The van der Waals surface area contributed by atoms with E-state index in [0.717, 1.165) is 5.69 Å². The van der Waals surface area contributed by atoms with E-state index < -0.39 is 35.2 Å². The number of nitrogens with one attached hydrogen (secondary N) is 1. The molecule has 5 nitrogen and oxygen atoms in total. The van der Waals surface area contributed by atoms with Gasteiger partial charge in [-0.05, 0) is 42.5 Å². The van der Waals surface area contributed by atoms with E-state index in [-0.39, 0.29) is 19.2 Å². The first-order chi connectivity index (χ1) is 14.5. The van der Waals surface area contributed by atoms with Gasteiger partial charge in [0.25, 0.3) is 0 Å². The van der Waals surface area contributed by atoms with E-state index in [1.54, 1.807) is 24.3 Å². The Morgan fingerprint density at radius 2 is 1.39 bits per heavy atom. The van der Waals surface area contributed by atoms with E-state index >= 15 is 0 Å². The Labute approximate surface area is 173 Å². The highest BCUT2D eigenvalue weighted by molar-refractivity contribution is 5.89. The quantitative estimate of drug-likeness (QED) is 0.670. The van der Waals surface area contributed by atoms with E-state index in [1.165, 1.54) is 4.90 Å². The molecule has 0 radical (unpaired) electrons. The molecule has 0 saturated carbocycles. The maximum atomic E-state index is 13.0. The van der Waals surface area contributed by atoms with E-state index in [0.29, 0.717) is 30.8 Å². The summed E-state index contributed by atoms with van der Waals surface area (Å²) in [4.78, 5) is 15.7. The monoisotopic (exact) mass is 442 g/mol. The van der Waals surface area contributed by atoms with Crippen molar-refractivity contribution in [3.63, 3.8) is 0 Å². The Morgan fingerprint density at radius 3 is 1.84 bits per heavy atom. The maximum absolute atomic E-state index is 13.0. The van der Waals surface area contributed by atoms with Crippen LogP contribution in [0.2, 0.25) is 0 Å². The first-order valence-electron chi connectivity index (χ1n) is 9.08. The zero-order chi connectivity index (χ0) is 22.8. The Balaban J connectivity index is 1.68. The molecule has 2 aromatic rings. The van der Waals surface area contributed by atoms with Crippen molar-refractivity contribution in [1.82, 2.24) is 4.90 Å². The number of hydrogen-bond donors (Lipinski definition) is 1. The van der Waals surface area contributed by atoms with Crippen LogP contribution in [0.4, 0.5) is 42.5 Å². The van der Waals surface area contributed by atoms with Gasteiger partial charge in [-0.2, -0.15) is 31.6 Å². The summed E-state index contributed by atoms with van der Waals surface area (Å²) in [6.07, 6.45) is -9.99. The molecule has 0 aromatic heterocycles. The molecule has 0 unspecified atom stereocenters. The molecule has 1 saturated heterocycles. The predicted molar refractivity (Wildman–Crippen MR) is 100 cm³/mol. The maximum Gasteiger partial charge on any atom is 0.416 e. The van der Waals surface area contributed by atoms with Crippen LogP contribution in [0.25, 0.3) is 0 Å². The largest absolute Gasteiger partial charge is 0.416 e. The number of amides is 2. The molecule has 0 bridgehead atoms. The van der Waals surface area contributed by atoms with Gasteiger partial charge in [0.15, 0.2) is 0 Å². The molecular weight excluding hydrogens is 426 g/mol. The van der Waals surface area contributed by atoms with Crippen molar-refractivity contribution in [2.75, 3.05) is 36.4 Å². The lowest BCUT2D eigenvalue weighted by Crippen LogP contribution is -2.50. The predicted octanol–water partition coefficient (Wildman–Crippen LogP) is 4.95. The molecule has 1 fully saturated rings. The molecule has 1 aliphatic rings. The fourth-order valence-corrected chi connectivity index (χ4v) is 3.14. The molecule has 164 valence electrons. The topological polar surface area (TPSA) is 59.4 Å². The third-order valence-electron chi connectivity index (χ3n) is 4.77. The van der Waals surface area contributed by atoms with Crippen LogP contribution < -0.4 is 10.2 Å². The second-order valence-corrected chi connectivity index (χ2v) is 6.86. The van der Waals surface area contributed by atoms with Gasteiger partial charge in [0.2, 0.25) is 0 Å². The molecule has 1 N–H and O–H groups in total. The van der Waals surface area contributed by atoms with Crippen LogP contribution in [-0.2, 0) is 12.4 Å². The second-order valence-electron chi connectivity index (χ2n) is 6.86. The Kier molecular flexibility index (Phi) is 6.01. The lowest BCUT2D eigenvalue weighted by Gasteiger charge is -2.36. The van der Waals surface area contributed by atoms with Crippen molar-refractivity contribution in [2.45, 2.75) is 12.4 Å². The number of carbonyl (C=O) groups is 1. The normalized spacial score (nSPS) is 14.9. The molecule has 0 aliphatic carbocycles. The third kappa shape index (κ3) is 5.39. The number of alkyl halides is 6. The van der Waals surface area contributed by atoms with Crippen molar-refractivity contribution < 1.29 is 31.1 Å². The first-order valence-corrected chi connectivity index (χ1v) is 9.08. The fraction of sp³-hybridized carbons (Fsp3) is 0.300. The SMILES string of the molecule is N#Cc1ccc(N2CCN(C(=O)Nc3cc(C(F)(F)F)cc(C(F)(F)F)c3)CC2)cc1. The highest BCUT2D eigenvalue weighted by Crippen LogP contribution is 2.37. The third-order valence-corrected chi connectivity index (χ3v) is 4.77. The molecule has 0 spiro atoms. The number of benzene rings is 2. The molecule has 0 atom stereocenters. The molecule has 31 heavy (non-hydrogen) atoms. The Morgan fingerprint density at radius 1 is 0.871 bits per heavy atom. The van der Waals surface area contributed by atoms with Crippen molar-refractivity contribution in [2.24, 2.45) is 0 Å². The average molecular weight is 442 g/mol. The summed E-state index contributed by atoms with van der Waals surface area (Å²) in [5.74, 6) is 0. The average Bonchev–Trinajstić information content (AvgIpc) is 2.72. The molecule has 11 heteroatoms. The van der Waals surface area contributed by atoms with Crippen LogP contribution in [-0.4, -0.2) is 37.1 Å². The summed E-state index contributed by atoms with van der Waals surface area (Å²) < 4.78 is 77.8. The van der Waals surface area contributed by atoms with Crippen molar-refractivity contribution in [1.29, 1.82) is 5.26 Å². The Hall–Kier alpha value is -3.42. The standard InChI is InChI=1S/C20H16F6N4O/c21-19(22,23)14-9-15(20(24,25)26)11-16(10-14)28-18(31)30-7-5-29(6-8-30)17-3-1-13(12-27)2-4-17/h1-4,9-11H,5-8H2,(H,28,31). The summed E-state index contributed by atoms with van der Waals surface area (Å²) in [5, 5.41) is 11.0. The van der Waals surface area contributed by atoms with Gasteiger partial charge in [0.1, 0.15) is 0 Å². The highest BCUT2D eigenvalue weighted by Gasteiger charge is 2.37. The number of nitrogens with zero attached hydrogens (tertiary/aromatic N) is 3. The zero-order valence-corrected chi connectivity index (χ0v) is 15.9. The Bertz CT molecular complexity index is 954. The number of carbonyl (C=O) groups excluding carboxylic acids is 1. The van der Waals surface area contributed by atoms with Gasteiger partial charge < -0.3 is 15.1 Å². The van der Waals surface area contributed by atoms with Gasteiger partial charge in [0.05, 0.1) is 22.8 Å². The van der Waals surface area contributed by atoms with Crippen molar-refractivity contribution in [3.05, 3.63) is 59.2 Å². The molecule has 1 heterocycles. The van der Waals surface area contributed by atoms with Crippen LogP contribution in [0.3, 0.4) is 0 Å². The van der Waals surface area contributed by atoms with Gasteiger partial charge >= 0.3 is 18.4 Å². The number of anilines is 2. The number of nitriles is 1. The smallest absolute Gasteiger partial charge is 0.368 e. The van der Waals surface area contributed by atoms with Crippen LogP contribution in [0, 0.1) is 11.3 Å². The minimum atomic E-state index is -4.99. The molecule has 2 aromatic carbocycles. The van der Waals surface area contributed by atoms with Gasteiger partial charge in [-0.3, -0.25) is 0 Å². The second kappa shape index (κ2) is 8.37. The van der Waals surface area contributed by atoms with Crippen LogP contribution in [0.15, 0.2) is 42.5 Å². The lowest BCUT2D eigenvalue weighted by atomic mass is 10.1. The number of hydrogen-bond acceptors (Lipinski definition) is 3. The summed E-state index contributed by atoms with van der Waals surface area (Å²) in [6, 6.07) is 9.00. The summed E-state index contributed by atoms with van der Waals surface area (Å²) >= 11 is 0. The minimum Gasteiger partial charge on any atom is -0.368 e. The molecular formula is C20H16F6N4O. The molecule has 2 amide bonds. The van der Waals surface area contributed by atoms with E-state index in [2.05, 4.69) is 5.32 Å². The van der Waals surface area contributed by atoms with Crippen molar-refractivity contribution >= 4 is 17.4 Å². The summed E-state index contributed by atoms with van der Waals surface area (Å²) in [7, 11) is 0. The highest BCUT2D eigenvalue weighted by atomic mass is 19.4. The number of halogens is 6. The van der Waals surface area contributed by atoms with Crippen LogP contribution >= 0.6 is 0 Å². The molecule has 3 rings (SSSR count). The van der Waals surface area contributed by atoms with Crippen LogP contribution in [0.5, 0.6) is 0 Å². The van der Waals surface area contributed by atoms with E-state index in [9.17, 15) is 31.1 Å². The fourth-order valence-electron chi connectivity index (χ4n) is 3.14. The first kappa shape index (κ1) is 22.3. The zero-order valence-electron chi connectivity index (χ0n) is 15.9. The number of urea groups is 1. The summed E-state index contributed by atoms with van der Waals surface area (Å²) in [5.41, 5.74) is -2.24. The van der Waals surface area contributed by atoms with Gasteiger partial charge in [-0.1, -0.05) is 0 Å². The number of piperazine rings is 1. The molecule has 1 aliphatic heterocycles.